The SMILES string of the molecule is C[N+]1=C(N)C(=Nc2ccc(N3CCC(CO)C3)cc2NS(C)(=O)=O)C=N1. The number of rotatable bonds is 5. The minimum Gasteiger partial charge on any atom is -0.396 e. The highest BCUT2D eigenvalue weighted by molar-refractivity contribution is 7.92. The van der Waals surface area contributed by atoms with Gasteiger partial charge in [-0.25, -0.2) is 13.4 Å². The Balaban J connectivity index is 1.97. The van der Waals surface area contributed by atoms with Crippen molar-refractivity contribution in [2.45, 2.75) is 6.42 Å². The molecule has 0 amide bonds. The molecule has 0 radical (unpaired) electrons. The van der Waals surface area contributed by atoms with Crippen LogP contribution in [-0.2, 0) is 10.0 Å². The van der Waals surface area contributed by atoms with E-state index in [0.29, 0.717) is 22.9 Å². The van der Waals surface area contributed by atoms with Gasteiger partial charge in [-0.05, 0) is 24.6 Å². The van der Waals surface area contributed by atoms with Gasteiger partial charge in [0, 0.05) is 31.3 Å². The summed E-state index contributed by atoms with van der Waals surface area (Å²) in [6, 6.07) is 5.40. The van der Waals surface area contributed by atoms with Crippen molar-refractivity contribution < 1.29 is 18.2 Å². The Morgan fingerprint density at radius 1 is 1.50 bits per heavy atom. The van der Waals surface area contributed by atoms with Crippen molar-refractivity contribution in [1.82, 2.24) is 0 Å². The van der Waals surface area contributed by atoms with Crippen molar-refractivity contribution in [1.29, 1.82) is 0 Å². The first-order valence-corrected chi connectivity index (χ1v) is 10.1. The summed E-state index contributed by atoms with van der Waals surface area (Å²) in [4.78, 5) is 6.57. The molecule has 2 heterocycles. The van der Waals surface area contributed by atoms with Crippen LogP contribution in [0.15, 0.2) is 28.3 Å². The van der Waals surface area contributed by atoms with Gasteiger partial charge in [-0.3, -0.25) is 10.5 Å². The van der Waals surface area contributed by atoms with Gasteiger partial charge in [0.05, 0.1) is 17.6 Å². The highest BCUT2D eigenvalue weighted by Crippen LogP contribution is 2.33. The summed E-state index contributed by atoms with van der Waals surface area (Å²) in [5.74, 6) is 0.630. The largest absolute Gasteiger partial charge is 0.396 e. The fourth-order valence-electron chi connectivity index (χ4n) is 2.97. The number of aliphatic hydroxyl groups is 1. The first-order valence-electron chi connectivity index (χ1n) is 8.23. The third-order valence-corrected chi connectivity index (χ3v) is 4.98. The number of aliphatic hydroxyl groups excluding tert-OH is 1. The lowest BCUT2D eigenvalue weighted by molar-refractivity contribution is -0.498. The quantitative estimate of drug-likeness (QED) is 0.619. The van der Waals surface area contributed by atoms with Crippen LogP contribution in [0, 0.1) is 5.92 Å². The van der Waals surface area contributed by atoms with Crippen LogP contribution in [0.4, 0.5) is 17.1 Å². The molecule has 0 saturated carbocycles. The molecule has 0 aromatic heterocycles. The summed E-state index contributed by atoms with van der Waals surface area (Å²) in [5, 5.41) is 13.4. The number of hydrazone groups is 1. The second kappa shape index (κ2) is 7.04. The number of nitrogens with two attached hydrogens (primary N) is 1. The molecule has 10 heteroatoms. The van der Waals surface area contributed by atoms with Gasteiger partial charge in [0.2, 0.25) is 10.0 Å². The highest BCUT2D eigenvalue weighted by atomic mass is 32.2. The first kappa shape index (κ1) is 18.3. The second-order valence-corrected chi connectivity index (χ2v) is 8.26. The topological polar surface area (TPSA) is 123 Å². The summed E-state index contributed by atoms with van der Waals surface area (Å²) >= 11 is 0. The second-order valence-electron chi connectivity index (χ2n) is 6.51. The monoisotopic (exact) mass is 379 g/mol. The summed E-state index contributed by atoms with van der Waals surface area (Å²) in [7, 11) is -1.77. The number of hydrogen-bond donors (Lipinski definition) is 3. The fourth-order valence-corrected chi connectivity index (χ4v) is 3.53. The molecule has 1 aromatic carbocycles. The number of nitrogens with one attached hydrogen (secondary N) is 1. The van der Waals surface area contributed by atoms with Gasteiger partial charge in [-0.15, -0.1) is 4.68 Å². The lowest BCUT2D eigenvalue weighted by Crippen LogP contribution is -2.27. The summed E-state index contributed by atoms with van der Waals surface area (Å²) in [5.41, 5.74) is 8.11. The van der Waals surface area contributed by atoms with Crippen molar-refractivity contribution in [2.75, 3.05) is 42.6 Å². The number of hydrogen-bond acceptors (Lipinski definition) is 7. The molecule has 9 nitrogen and oxygen atoms in total. The standard InChI is InChI=1S/C16H22N6O3S/c1-21-16(17)15(8-18-21)19-13-4-3-12(7-14(13)20-26(2,24)25)22-6-5-11(9-22)10-23/h3-4,7-8,11,23H,5-6,9-10H2,1-2H3,(H2,17,18,20)/p+1. The average molecular weight is 379 g/mol. The van der Waals surface area contributed by atoms with E-state index in [-0.39, 0.29) is 12.5 Å². The number of nitrogens with zero attached hydrogens (tertiary/aromatic N) is 4. The maximum Gasteiger partial charge on any atom is 0.320 e. The molecule has 4 N–H and O–H groups in total. The summed E-state index contributed by atoms with van der Waals surface area (Å²) < 4.78 is 27.5. The zero-order valence-corrected chi connectivity index (χ0v) is 15.6. The maximum absolute atomic E-state index is 11.8. The molecule has 1 saturated heterocycles. The minimum atomic E-state index is -3.47. The van der Waals surface area contributed by atoms with E-state index in [2.05, 4.69) is 19.7 Å². The van der Waals surface area contributed by atoms with Crippen molar-refractivity contribution >= 4 is 44.8 Å². The third kappa shape index (κ3) is 4.02. The Morgan fingerprint density at radius 2 is 2.27 bits per heavy atom. The van der Waals surface area contributed by atoms with Crippen LogP contribution in [0.1, 0.15) is 6.42 Å². The molecule has 0 spiro atoms. The molecule has 0 bridgehead atoms. The smallest absolute Gasteiger partial charge is 0.320 e. The molecular formula is C16H23N6O3S+. The summed E-state index contributed by atoms with van der Waals surface area (Å²) in [6.45, 7) is 1.70. The van der Waals surface area contributed by atoms with Crippen molar-refractivity contribution in [2.24, 2.45) is 21.7 Å². The number of anilines is 2. The Morgan fingerprint density at radius 3 is 2.85 bits per heavy atom. The van der Waals surface area contributed by atoms with Crippen molar-refractivity contribution in [3.05, 3.63) is 18.2 Å². The molecule has 1 atom stereocenters. The van der Waals surface area contributed by atoms with Gasteiger partial charge < -0.3 is 10.0 Å². The van der Waals surface area contributed by atoms with Gasteiger partial charge in [-0.1, -0.05) is 5.10 Å². The molecule has 1 unspecified atom stereocenters. The predicted octanol–water partition coefficient (Wildman–Crippen LogP) is -0.0519. The molecule has 1 aromatic rings. The normalized spacial score (nSPS) is 21.9. The number of sulfonamides is 1. The van der Waals surface area contributed by atoms with Gasteiger partial charge in [0.1, 0.15) is 13.3 Å². The van der Waals surface area contributed by atoms with Crippen LogP contribution in [0.25, 0.3) is 0 Å². The maximum atomic E-state index is 11.8. The lowest BCUT2D eigenvalue weighted by Gasteiger charge is -2.20. The molecule has 2 aliphatic rings. The van der Waals surface area contributed by atoms with Gasteiger partial charge in [0.25, 0.3) is 0 Å². The van der Waals surface area contributed by atoms with Crippen molar-refractivity contribution in [3.8, 4) is 0 Å². The Hall–Kier alpha value is -2.46. The highest BCUT2D eigenvalue weighted by Gasteiger charge is 2.24. The fraction of sp³-hybridized carbons (Fsp3) is 0.438. The van der Waals surface area contributed by atoms with Crippen LogP contribution >= 0.6 is 0 Å². The number of amidine groups is 1. The first-order chi connectivity index (χ1) is 12.3. The Kier molecular flexibility index (Phi) is 4.97. The Labute approximate surface area is 152 Å². The number of aliphatic imine (C=N–C) groups is 1. The van der Waals surface area contributed by atoms with Crippen molar-refractivity contribution in [3.63, 3.8) is 0 Å². The summed E-state index contributed by atoms with van der Waals surface area (Å²) in [6.07, 6.45) is 3.53. The van der Waals surface area contributed by atoms with Gasteiger partial charge in [-0.2, -0.15) is 0 Å². The zero-order chi connectivity index (χ0) is 18.9. The molecule has 140 valence electrons. The van der Waals surface area contributed by atoms with Crippen LogP contribution in [0.2, 0.25) is 0 Å². The third-order valence-electron chi connectivity index (χ3n) is 4.39. The van der Waals surface area contributed by atoms with Crippen LogP contribution in [0.5, 0.6) is 0 Å². The van der Waals surface area contributed by atoms with Crippen LogP contribution < -0.4 is 15.4 Å². The van der Waals surface area contributed by atoms with E-state index in [4.69, 9.17) is 5.73 Å². The van der Waals surface area contributed by atoms with Gasteiger partial charge in [0.15, 0.2) is 5.71 Å². The van der Waals surface area contributed by atoms with Crippen LogP contribution in [0.3, 0.4) is 0 Å². The van der Waals surface area contributed by atoms with Crippen LogP contribution in [-0.4, -0.2) is 69.0 Å². The van der Waals surface area contributed by atoms with E-state index < -0.39 is 10.0 Å². The molecule has 2 aliphatic heterocycles. The molecule has 0 aliphatic carbocycles. The van der Waals surface area contributed by atoms with E-state index in [9.17, 15) is 13.5 Å². The predicted molar refractivity (Wildman–Crippen MR) is 103 cm³/mol. The van der Waals surface area contributed by atoms with E-state index in [1.54, 1.807) is 19.2 Å². The van der Waals surface area contributed by atoms with Gasteiger partial charge >= 0.3 is 5.84 Å². The number of benzene rings is 1. The van der Waals surface area contributed by atoms with E-state index in [1.165, 1.54) is 10.9 Å². The molecule has 26 heavy (non-hydrogen) atoms. The Bertz CT molecular complexity index is 907. The molecule has 1 fully saturated rings. The zero-order valence-electron chi connectivity index (χ0n) is 14.8. The lowest BCUT2D eigenvalue weighted by atomic mass is 10.1. The average Bonchev–Trinajstić information content (AvgIpc) is 3.17. The molecular weight excluding hydrogens is 356 g/mol. The van der Waals surface area contributed by atoms with E-state index in [0.717, 1.165) is 31.5 Å². The van der Waals surface area contributed by atoms with E-state index >= 15 is 0 Å². The minimum absolute atomic E-state index is 0.151. The molecule has 3 rings (SSSR count). The van der Waals surface area contributed by atoms with E-state index in [1.807, 2.05) is 6.07 Å².